The maximum absolute atomic E-state index is 11.9. The number of carbonyl (C=O) groups is 1. The molecule has 0 aromatic carbocycles. The summed E-state index contributed by atoms with van der Waals surface area (Å²) in [6.07, 6.45) is -1.18. The average molecular weight is 282 g/mol. The first kappa shape index (κ1) is 14.0. The molecule has 2 heterocycles. The molecule has 1 aliphatic heterocycles. The number of aliphatic hydroxyl groups is 1. The monoisotopic (exact) mass is 282 g/mol. The summed E-state index contributed by atoms with van der Waals surface area (Å²) in [5.41, 5.74) is -0.365. The van der Waals surface area contributed by atoms with Crippen molar-refractivity contribution >= 4 is 17.5 Å². The molecule has 2 amide bonds. The number of nitro groups is 1. The molecule has 0 spiro atoms. The van der Waals surface area contributed by atoms with Crippen molar-refractivity contribution in [3.8, 4) is 5.88 Å². The predicted octanol–water partition coefficient (Wildman–Crippen LogP) is 0.579. The largest absolute Gasteiger partial charge is 0.478 e. The first-order valence-corrected chi connectivity index (χ1v) is 5.96. The van der Waals surface area contributed by atoms with E-state index in [1.54, 1.807) is 6.92 Å². The lowest BCUT2D eigenvalue weighted by Crippen LogP contribution is -2.35. The van der Waals surface area contributed by atoms with Gasteiger partial charge in [-0.1, -0.05) is 0 Å². The van der Waals surface area contributed by atoms with Gasteiger partial charge >= 0.3 is 11.7 Å². The molecule has 9 heteroatoms. The standard InChI is InChI=1S/C11H14N4O5/c1-3-20-8-5-4-7(15(18)19)10(12-8)14-9(16)6-13(2)11(14)17/h4-5,9,16H,3,6H2,1-2H3. The highest BCUT2D eigenvalue weighted by Crippen LogP contribution is 2.32. The smallest absolute Gasteiger partial charge is 0.327 e. The molecule has 0 aliphatic carbocycles. The molecule has 2 rings (SSSR count). The van der Waals surface area contributed by atoms with E-state index < -0.39 is 17.2 Å². The molecule has 1 saturated heterocycles. The van der Waals surface area contributed by atoms with E-state index in [-0.39, 0.29) is 23.9 Å². The molecular weight excluding hydrogens is 268 g/mol. The number of aromatic nitrogens is 1. The van der Waals surface area contributed by atoms with Crippen LogP contribution in [0.25, 0.3) is 0 Å². The molecule has 1 N–H and O–H groups in total. The lowest BCUT2D eigenvalue weighted by atomic mass is 10.3. The molecule has 1 aromatic heterocycles. The third-order valence-electron chi connectivity index (χ3n) is 2.81. The number of anilines is 1. The van der Waals surface area contributed by atoms with Gasteiger partial charge in [0.15, 0.2) is 6.23 Å². The van der Waals surface area contributed by atoms with Gasteiger partial charge in [0.25, 0.3) is 0 Å². The van der Waals surface area contributed by atoms with Gasteiger partial charge in [-0.05, 0) is 6.92 Å². The minimum atomic E-state index is -1.18. The Balaban J connectivity index is 2.49. The number of hydrogen-bond donors (Lipinski definition) is 1. The Labute approximate surface area is 114 Å². The van der Waals surface area contributed by atoms with Crippen molar-refractivity contribution in [1.82, 2.24) is 9.88 Å². The van der Waals surface area contributed by atoms with Gasteiger partial charge in [-0.3, -0.25) is 10.1 Å². The van der Waals surface area contributed by atoms with Crippen molar-refractivity contribution < 1.29 is 19.6 Å². The van der Waals surface area contributed by atoms with E-state index in [0.717, 1.165) is 4.90 Å². The van der Waals surface area contributed by atoms with Gasteiger partial charge in [0, 0.05) is 19.2 Å². The number of aliphatic hydroxyl groups excluding tert-OH is 1. The molecule has 1 unspecified atom stereocenters. The van der Waals surface area contributed by atoms with Gasteiger partial charge in [-0.2, -0.15) is 4.98 Å². The number of hydrogen-bond acceptors (Lipinski definition) is 6. The Morgan fingerprint density at radius 3 is 2.80 bits per heavy atom. The zero-order valence-corrected chi connectivity index (χ0v) is 11.0. The SMILES string of the molecule is CCOc1ccc([N+](=O)[O-])c(N2C(=O)N(C)CC2O)n1. The fourth-order valence-electron chi connectivity index (χ4n) is 1.92. The molecular formula is C11H14N4O5. The second-order valence-electron chi connectivity index (χ2n) is 4.20. The quantitative estimate of drug-likeness (QED) is 0.639. The van der Waals surface area contributed by atoms with Crippen LogP contribution in [-0.4, -0.2) is 52.4 Å². The van der Waals surface area contributed by atoms with Crippen molar-refractivity contribution in [3.63, 3.8) is 0 Å². The number of rotatable bonds is 4. The summed E-state index contributed by atoms with van der Waals surface area (Å²) in [6.45, 7) is 2.13. The van der Waals surface area contributed by atoms with E-state index in [1.807, 2.05) is 0 Å². The van der Waals surface area contributed by atoms with Crippen LogP contribution in [0.2, 0.25) is 0 Å². The number of urea groups is 1. The van der Waals surface area contributed by atoms with Crippen LogP contribution in [0.15, 0.2) is 12.1 Å². The summed E-state index contributed by atoms with van der Waals surface area (Å²) < 4.78 is 5.17. The van der Waals surface area contributed by atoms with E-state index in [2.05, 4.69) is 4.98 Å². The number of amides is 2. The van der Waals surface area contributed by atoms with E-state index in [4.69, 9.17) is 4.74 Å². The van der Waals surface area contributed by atoms with Gasteiger partial charge in [0.2, 0.25) is 11.7 Å². The fraction of sp³-hybridized carbons (Fsp3) is 0.455. The maximum Gasteiger partial charge on any atom is 0.327 e. The van der Waals surface area contributed by atoms with Crippen molar-refractivity contribution in [3.05, 3.63) is 22.2 Å². The summed E-state index contributed by atoms with van der Waals surface area (Å²) in [4.78, 5) is 28.4. The van der Waals surface area contributed by atoms with Crippen molar-refractivity contribution in [2.24, 2.45) is 0 Å². The van der Waals surface area contributed by atoms with Crippen LogP contribution in [0.5, 0.6) is 5.88 Å². The zero-order chi connectivity index (χ0) is 14.9. The Bertz CT molecular complexity index is 550. The highest BCUT2D eigenvalue weighted by atomic mass is 16.6. The predicted molar refractivity (Wildman–Crippen MR) is 68.6 cm³/mol. The summed E-state index contributed by atoms with van der Waals surface area (Å²) >= 11 is 0. The highest BCUT2D eigenvalue weighted by molar-refractivity contribution is 5.95. The number of nitrogens with zero attached hydrogens (tertiary/aromatic N) is 4. The number of ether oxygens (including phenoxy) is 1. The molecule has 108 valence electrons. The molecule has 9 nitrogen and oxygen atoms in total. The van der Waals surface area contributed by atoms with Crippen molar-refractivity contribution in [2.75, 3.05) is 25.1 Å². The van der Waals surface area contributed by atoms with Gasteiger partial charge in [0.1, 0.15) is 0 Å². The van der Waals surface area contributed by atoms with Gasteiger partial charge in [-0.15, -0.1) is 0 Å². The van der Waals surface area contributed by atoms with Crippen LogP contribution < -0.4 is 9.64 Å². The lowest BCUT2D eigenvalue weighted by Gasteiger charge is -2.18. The van der Waals surface area contributed by atoms with Crippen molar-refractivity contribution in [1.29, 1.82) is 0 Å². The maximum atomic E-state index is 11.9. The summed E-state index contributed by atoms with van der Waals surface area (Å²) in [5.74, 6) is -0.0644. The molecule has 20 heavy (non-hydrogen) atoms. The Kier molecular flexibility index (Phi) is 3.70. The van der Waals surface area contributed by atoms with Gasteiger partial charge < -0.3 is 14.7 Å². The van der Waals surface area contributed by atoms with Crippen molar-refractivity contribution in [2.45, 2.75) is 13.2 Å². The molecule has 0 bridgehead atoms. The molecule has 1 aliphatic rings. The molecule has 0 radical (unpaired) electrons. The van der Waals surface area contributed by atoms with E-state index in [9.17, 15) is 20.0 Å². The molecule has 1 fully saturated rings. The lowest BCUT2D eigenvalue weighted by molar-refractivity contribution is -0.384. The number of pyridine rings is 1. The summed E-state index contributed by atoms with van der Waals surface area (Å²) in [5, 5.41) is 20.9. The summed E-state index contributed by atoms with van der Waals surface area (Å²) in [7, 11) is 1.49. The van der Waals surface area contributed by atoms with E-state index >= 15 is 0 Å². The second kappa shape index (κ2) is 5.29. The van der Waals surface area contributed by atoms with Crippen LogP contribution in [0.3, 0.4) is 0 Å². The third-order valence-corrected chi connectivity index (χ3v) is 2.81. The minimum Gasteiger partial charge on any atom is -0.478 e. The first-order valence-electron chi connectivity index (χ1n) is 5.96. The zero-order valence-electron chi connectivity index (χ0n) is 11.0. The Morgan fingerprint density at radius 1 is 1.60 bits per heavy atom. The number of β-amino-alcohol motifs (C(OH)–C–C–N with tert-alkyl or cyclic N) is 1. The van der Waals surface area contributed by atoms with Gasteiger partial charge in [-0.25, -0.2) is 9.69 Å². The normalized spacial score (nSPS) is 18.6. The van der Waals surface area contributed by atoms with Crippen LogP contribution >= 0.6 is 0 Å². The third kappa shape index (κ3) is 2.35. The minimum absolute atomic E-state index is 0.0521. The van der Waals surface area contributed by atoms with E-state index in [1.165, 1.54) is 24.1 Å². The first-order chi connectivity index (χ1) is 9.45. The van der Waals surface area contributed by atoms with Crippen LogP contribution in [-0.2, 0) is 0 Å². The van der Waals surface area contributed by atoms with Crippen LogP contribution in [0.1, 0.15) is 6.92 Å². The topological polar surface area (TPSA) is 109 Å². The molecule has 0 saturated carbocycles. The molecule has 1 aromatic rings. The number of likely N-dealkylation sites (N-methyl/N-ethyl adjacent to an activating group) is 1. The Morgan fingerprint density at radius 2 is 2.30 bits per heavy atom. The van der Waals surface area contributed by atoms with Crippen LogP contribution in [0.4, 0.5) is 16.3 Å². The Hall–Kier alpha value is -2.42. The van der Waals surface area contributed by atoms with Gasteiger partial charge in [0.05, 0.1) is 18.1 Å². The fourth-order valence-corrected chi connectivity index (χ4v) is 1.92. The highest BCUT2D eigenvalue weighted by Gasteiger charge is 2.39. The van der Waals surface area contributed by atoms with Crippen LogP contribution in [0, 0.1) is 10.1 Å². The second-order valence-corrected chi connectivity index (χ2v) is 4.20. The summed E-state index contributed by atoms with van der Waals surface area (Å²) in [6, 6.07) is 2.00. The average Bonchev–Trinajstić information content (AvgIpc) is 2.63. The number of carbonyl (C=O) groups excluding carboxylic acids is 1. The van der Waals surface area contributed by atoms with E-state index in [0.29, 0.717) is 6.61 Å². The molecule has 1 atom stereocenters.